The summed E-state index contributed by atoms with van der Waals surface area (Å²) in [4.78, 5) is 11.4. The number of carbonyl (C=O) groups is 1. The summed E-state index contributed by atoms with van der Waals surface area (Å²) >= 11 is 0. The van der Waals surface area contributed by atoms with Gasteiger partial charge in [-0.15, -0.1) is 0 Å². The summed E-state index contributed by atoms with van der Waals surface area (Å²) in [5.41, 5.74) is 1.71. The minimum atomic E-state index is -0.607. The van der Waals surface area contributed by atoms with Gasteiger partial charge in [-0.3, -0.25) is 0 Å². The van der Waals surface area contributed by atoms with E-state index in [9.17, 15) is 9.90 Å². The first-order valence-electron chi connectivity index (χ1n) is 7.11. The number of benzene rings is 1. The summed E-state index contributed by atoms with van der Waals surface area (Å²) in [6.45, 7) is 0. The lowest BCUT2D eigenvalue weighted by Crippen LogP contribution is -2.33. The molecule has 3 fully saturated rings. The molecule has 0 aliphatic heterocycles. The van der Waals surface area contributed by atoms with Gasteiger partial charge in [-0.2, -0.15) is 0 Å². The molecule has 0 heterocycles. The lowest BCUT2D eigenvalue weighted by Gasteiger charge is -2.32. The topological polar surface area (TPSA) is 37.3 Å². The number of hydrogen-bond donors (Lipinski definition) is 1. The van der Waals surface area contributed by atoms with Crippen molar-refractivity contribution in [3.8, 4) is 0 Å². The van der Waals surface area contributed by atoms with Gasteiger partial charge in [0.05, 0.1) is 5.60 Å². The average molecular weight is 254 g/mol. The third kappa shape index (κ3) is 1.44. The maximum Gasteiger partial charge on any atom is 0.126 e. The standard InChI is InChI=1S/C17H18O2/c18-11-16-6-7-17(19)10-13(9-14(16)15(16)17)8-12-4-2-1-3-5-12/h1-5,8,11,14-15,19H,6-7,9-10H2/b13-8+/t14?,15-,16+,17+/m1/s1. The summed E-state index contributed by atoms with van der Waals surface area (Å²) in [5, 5.41) is 10.8. The van der Waals surface area contributed by atoms with Gasteiger partial charge in [0.1, 0.15) is 6.29 Å². The van der Waals surface area contributed by atoms with E-state index in [1.54, 1.807) is 0 Å². The Hall–Kier alpha value is -1.41. The molecule has 3 saturated carbocycles. The summed E-state index contributed by atoms with van der Waals surface area (Å²) < 4.78 is 0. The number of fused-ring (bicyclic) bond motifs is 1. The third-order valence-corrected chi connectivity index (χ3v) is 5.54. The van der Waals surface area contributed by atoms with Crippen LogP contribution in [0.2, 0.25) is 0 Å². The smallest absolute Gasteiger partial charge is 0.126 e. The van der Waals surface area contributed by atoms with Gasteiger partial charge >= 0.3 is 0 Å². The number of hydrogen-bond acceptors (Lipinski definition) is 2. The summed E-state index contributed by atoms with van der Waals surface area (Å²) in [7, 11) is 0. The first kappa shape index (κ1) is 11.4. The highest BCUT2D eigenvalue weighted by Crippen LogP contribution is 2.76. The van der Waals surface area contributed by atoms with E-state index < -0.39 is 5.60 Å². The molecule has 0 spiro atoms. The highest BCUT2D eigenvalue weighted by Gasteiger charge is 2.76. The first-order chi connectivity index (χ1) is 9.18. The monoisotopic (exact) mass is 254 g/mol. The fraction of sp³-hybridized carbons (Fsp3) is 0.471. The van der Waals surface area contributed by atoms with Crippen molar-refractivity contribution in [1.29, 1.82) is 0 Å². The molecular formula is C17H18O2. The molecule has 3 aliphatic rings. The molecule has 1 N–H and O–H groups in total. The Kier molecular flexibility index (Phi) is 2.15. The molecule has 1 aromatic rings. The molecule has 1 aromatic carbocycles. The van der Waals surface area contributed by atoms with Crippen LogP contribution in [0.3, 0.4) is 0 Å². The normalized spacial score (nSPS) is 45.0. The average Bonchev–Trinajstić information content (AvgIpc) is 2.95. The molecule has 2 nitrogen and oxygen atoms in total. The number of aliphatic hydroxyl groups is 1. The molecular weight excluding hydrogens is 236 g/mol. The van der Waals surface area contributed by atoms with Crippen LogP contribution < -0.4 is 0 Å². The van der Waals surface area contributed by atoms with Crippen LogP contribution in [-0.2, 0) is 4.79 Å². The van der Waals surface area contributed by atoms with E-state index in [0.29, 0.717) is 5.92 Å². The minimum Gasteiger partial charge on any atom is -0.389 e. The quantitative estimate of drug-likeness (QED) is 0.824. The van der Waals surface area contributed by atoms with Gasteiger partial charge in [0.15, 0.2) is 0 Å². The van der Waals surface area contributed by atoms with Crippen molar-refractivity contribution in [3.63, 3.8) is 0 Å². The Morgan fingerprint density at radius 2 is 2.00 bits per heavy atom. The van der Waals surface area contributed by atoms with Crippen LogP contribution in [0.15, 0.2) is 35.9 Å². The Labute approximate surface area is 113 Å². The van der Waals surface area contributed by atoms with E-state index in [-0.39, 0.29) is 11.3 Å². The molecule has 4 atom stereocenters. The van der Waals surface area contributed by atoms with Crippen LogP contribution in [0.4, 0.5) is 0 Å². The highest BCUT2D eigenvalue weighted by molar-refractivity contribution is 5.70. The van der Waals surface area contributed by atoms with Crippen molar-refractivity contribution in [1.82, 2.24) is 0 Å². The predicted octanol–water partition coefficient (Wildman–Crippen LogP) is 2.82. The van der Waals surface area contributed by atoms with Crippen molar-refractivity contribution >= 4 is 12.4 Å². The predicted molar refractivity (Wildman–Crippen MR) is 73.3 cm³/mol. The zero-order chi connectivity index (χ0) is 13.1. The summed E-state index contributed by atoms with van der Waals surface area (Å²) in [6.07, 6.45) is 6.74. The molecule has 0 amide bonds. The summed E-state index contributed by atoms with van der Waals surface area (Å²) in [6, 6.07) is 10.2. The highest BCUT2D eigenvalue weighted by atomic mass is 16.3. The Morgan fingerprint density at radius 3 is 2.74 bits per heavy atom. The molecule has 0 saturated heterocycles. The lowest BCUT2D eigenvalue weighted by atomic mass is 9.79. The van der Waals surface area contributed by atoms with Gasteiger partial charge in [0.2, 0.25) is 0 Å². The molecule has 2 heteroatoms. The second-order valence-corrected chi connectivity index (χ2v) is 6.51. The lowest BCUT2D eigenvalue weighted by molar-refractivity contribution is -0.112. The van der Waals surface area contributed by atoms with Crippen LogP contribution in [0.25, 0.3) is 6.08 Å². The molecule has 0 aromatic heterocycles. The third-order valence-electron chi connectivity index (χ3n) is 5.54. The number of aldehydes is 1. The fourth-order valence-electron chi connectivity index (χ4n) is 4.71. The van der Waals surface area contributed by atoms with Crippen molar-refractivity contribution in [2.45, 2.75) is 31.3 Å². The Balaban J connectivity index is 1.66. The van der Waals surface area contributed by atoms with Crippen LogP contribution in [0.1, 0.15) is 31.2 Å². The first-order valence-corrected chi connectivity index (χ1v) is 7.11. The molecule has 19 heavy (non-hydrogen) atoms. The van der Waals surface area contributed by atoms with Crippen LogP contribution in [0, 0.1) is 17.3 Å². The van der Waals surface area contributed by atoms with Crippen molar-refractivity contribution in [2.24, 2.45) is 17.3 Å². The molecule has 0 bridgehead atoms. The van der Waals surface area contributed by atoms with Gasteiger partial charge in [-0.25, -0.2) is 0 Å². The van der Waals surface area contributed by atoms with Gasteiger partial charge in [-0.05, 0) is 37.2 Å². The zero-order valence-corrected chi connectivity index (χ0v) is 10.9. The largest absolute Gasteiger partial charge is 0.389 e. The van der Waals surface area contributed by atoms with Gasteiger partial charge in [0, 0.05) is 11.3 Å². The number of rotatable bonds is 2. The molecule has 3 aliphatic carbocycles. The van der Waals surface area contributed by atoms with Crippen molar-refractivity contribution in [3.05, 3.63) is 41.5 Å². The van der Waals surface area contributed by atoms with Gasteiger partial charge in [0.25, 0.3) is 0 Å². The van der Waals surface area contributed by atoms with E-state index in [1.165, 1.54) is 11.1 Å². The fourth-order valence-corrected chi connectivity index (χ4v) is 4.71. The Bertz CT molecular complexity index is 562. The van der Waals surface area contributed by atoms with E-state index in [1.807, 2.05) is 18.2 Å². The molecule has 0 radical (unpaired) electrons. The van der Waals surface area contributed by atoms with Crippen LogP contribution >= 0.6 is 0 Å². The molecule has 98 valence electrons. The zero-order valence-electron chi connectivity index (χ0n) is 10.9. The van der Waals surface area contributed by atoms with Crippen LogP contribution in [0.5, 0.6) is 0 Å². The number of carbonyl (C=O) groups excluding carboxylic acids is 1. The minimum absolute atomic E-state index is 0.180. The van der Waals surface area contributed by atoms with Crippen molar-refractivity contribution < 1.29 is 9.90 Å². The van der Waals surface area contributed by atoms with E-state index in [2.05, 4.69) is 18.2 Å². The second kappa shape index (κ2) is 3.57. The maximum absolute atomic E-state index is 11.4. The maximum atomic E-state index is 11.4. The van der Waals surface area contributed by atoms with E-state index >= 15 is 0 Å². The second-order valence-electron chi connectivity index (χ2n) is 6.51. The van der Waals surface area contributed by atoms with E-state index in [0.717, 1.165) is 32.0 Å². The SMILES string of the molecule is O=C[C@@]12CC[C@]3(O)C/C(=C/c4ccccc4)CC1[C@@H]32. The van der Waals surface area contributed by atoms with E-state index in [4.69, 9.17) is 0 Å². The van der Waals surface area contributed by atoms with Crippen LogP contribution in [-0.4, -0.2) is 17.0 Å². The van der Waals surface area contributed by atoms with Gasteiger partial charge < -0.3 is 9.90 Å². The molecule has 1 unspecified atom stereocenters. The molecule has 4 rings (SSSR count). The van der Waals surface area contributed by atoms with Crippen molar-refractivity contribution in [2.75, 3.05) is 0 Å². The summed E-state index contributed by atoms with van der Waals surface area (Å²) in [5.74, 6) is 0.637. The Morgan fingerprint density at radius 1 is 1.21 bits per heavy atom. The van der Waals surface area contributed by atoms with Gasteiger partial charge in [-0.1, -0.05) is 42.0 Å².